The van der Waals surface area contributed by atoms with Gasteiger partial charge >= 0.3 is 0 Å². The number of imidazole rings is 1. The molecule has 0 aliphatic heterocycles. The molecule has 0 fully saturated rings. The lowest BCUT2D eigenvalue weighted by Crippen LogP contribution is -1.94. The average molecular weight is 303 g/mol. The molecule has 98 valence electrons. The van der Waals surface area contributed by atoms with Crippen molar-refractivity contribution >= 4 is 28.8 Å². The largest absolute Gasteiger partial charge is 0.300 e. The zero-order valence-corrected chi connectivity index (χ0v) is 11.7. The molecule has 3 heterocycles. The zero-order valence-electron chi connectivity index (χ0n) is 10.2. The molecular weight excluding hydrogens is 295 g/mol. The fourth-order valence-electron chi connectivity index (χ4n) is 2.07. The summed E-state index contributed by atoms with van der Waals surface area (Å²) in [6.07, 6.45) is 3.59. The maximum Gasteiger partial charge on any atom is 0.156 e. The van der Waals surface area contributed by atoms with E-state index in [2.05, 4.69) is 16.0 Å². The van der Waals surface area contributed by atoms with Gasteiger partial charge in [0, 0.05) is 12.4 Å². The van der Waals surface area contributed by atoms with Gasteiger partial charge in [0.15, 0.2) is 5.65 Å². The Labute approximate surface area is 125 Å². The van der Waals surface area contributed by atoms with Gasteiger partial charge in [0.2, 0.25) is 0 Å². The van der Waals surface area contributed by atoms with Gasteiger partial charge in [-0.3, -0.25) is 9.38 Å². The SMILES string of the molecule is N#CCc1c(-c2ccccn2)nc2c(Cl)cc(Cl)cn12. The Kier molecular flexibility index (Phi) is 3.31. The monoisotopic (exact) mass is 302 g/mol. The predicted octanol–water partition coefficient (Wildman–Crippen LogP) is 3.77. The second kappa shape index (κ2) is 5.12. The zero-order chi connectivity index (χ0) is 14.1. The number of fused-ring (bicyclic) bond motifs is 1. The smallest absolute Gasteiger partial charge is 0.156 e. The Morgan fingerprint density at radius 2 is 2.15 bits per heavy atom. The number of hydrogen-bond donors (Lipinski definition) is 0. The highest BCUT2D eigenvalue weighted by Gasteiger charge is 2.16. The van der Waals surface area contributed by atoms with E-state index in [1.54, 1.807) is 22.9 Å². The third-order valence-electron chi connectivity index (χ3n) is 2.89. The van der Waals surface area contributed by atoms with Crippen molar-refractivity contribution < 1.29 is 0 Å². The fourth-order valence-corrected chi connectivity index (χ4v) is 2.59. The molecule has 0 N–H and O–H groups in total. The Morgan fingerprint density at radius 1 is 1.30 bits per heavy atom. The van der Waals surface area contributed by atoms with E-state index in [9.17, 15) is 0 Å². The van der Waals surface area contributed by atoms with E-state index in [0.29, 0.717) is 27.1 Å². The first-order valence-corrected chi connectivity index (χ1v) is 6.60. The molecule has 0 bridgehead atoms. The van der Waals surface area contributed by atoms with Gasteiger partial charge in [-0.1, -0.05) is 29.3 Å². The van der Waals surface area contributed by atoms with Crippen molar-refractivity contribution in [2.45, 2.75) is 6.42 Å². The van der Waals surface area contributed by atoms with Crippen LogP contribution in [0.4, 0.5) is 0 Å². The minimum atomic E-state index is 0.198. The standard InChI is InChI=1S/C14H8Cl2N4/c15-9-7-10(16)14-19-13(11-3-1-2-6-18-11)12(4-5-17)20(14)8-9/h1-3,6-8H,4H2. The van der Waals surface area contributed by atoms with Gasteiger partial charge in [-0.2, -0.15) is 5.26 Å². The highest BCUT2D eigenvalue weighted by Crippen LogP contribution is 2.28. The van der Waals surface area contributed by atoms with Crippen LogP contribution in [0, 0.1) is 11.3 Å². The van der Waals surface area contributed by atoms with Gasteiger partial charge in [0.1, 0.15) is 5.69 Å². The van der Waals surface area contributed by atoms with Crippen LogP contribution in [0.2, 0.25) is 10.0 Å². The van der Waals surface area contributed by atoms with Gasteiger partial charge in [-0.05, 0) is 18.2 Å². The van der Waals surface area contributed by atoms with Crippen LogP contribution >= 0.6 is 23.2 Å². The predicted molar refractivity (Wildman–Crippen MR) is 77.8 cm³/mol. The van der Waals surface area contributed by atoms with Crippen LogP contribution in [-0.2, 0) is 6.42 Å². The summed E-state index contributed by atoms with van der Waals surface area (Å²) in [6, 6.07) is 9.31. The van der Waals surface area contributed by atoms with Gasteiger partial charge < -0.3 is 0 Å². The van der Waals surface area contributed by atoms with Gasteiger partial charge in [0.05, 0.1) is 33.9 Å². The van der Waals surface area contributed by atoms with Crippen LogP contribution < -0.4 is 0 Å². The Hall–Kier alpha value is -2.09. The number of aromatic nitrogens is 3. The maximum atomic E-state index is 9.03. The summed E-state index contributed by atoms with van der Waals surface area (Å²) < 4.78 is 1.75. The summed E-state index contributed by atoms with van der Waals surface area (Å²) in [6.45, 7) is 0. The molecule has 0 aliphatic carbocycles. The molecule has 6 heteroatoms. The molecule has 0 aromatic carbocycles. The summed E-state index contributed by atoms with van der Waals surface area (Å²) in [5.74, 6) is 0. The van der Waals surface area contributed by atoms with Crippen molar-refractivity contribution in [2.24, 2.45) is 0 Å². The fraction of sp³-hybridized carbons (Fsp3) is 0.0714. The van der Waals surface area contributed by atoms with Gasteiger partial charge in [-0.25, -0.2) is 4.98 Å². The van der Waals surface area contributed by atoms with E-state index in [4.69, 9.17) is 28.5 Å². The van der Waals surface area contributed by atoms with Crippen LogP contribution in [0.3, 0.4) is 0 Å². The molecular formula is C14H8Cl2N4. The second-order valence-electron chi connectivity index (χ2n) is 4.16. The quantitative estimate of drug-likeness (QED) is 0.724. The van der Waals surface area contributed by atoms with E-state index >= 15 is 0 Å². The lowest BCUT2D eigenvalue weighted by molar-refractivity contribution is 1.05. The molecule has 3 aromatic rings. The van der Waals surface area contributed by atoms with Crippen LogP contribution in [0.5, 0.6) is 0 Å². The average Bonchev–Trinajstić information content (AvgIpc) is 2.80. The van der Waals surface area contributed by atoms with E-state index in [1.165, 1.54) is 0 Å². The van der Waals surface area contributed by atoms with E-state index in [1.807, 2.05) is 18.2 Å². The normalized spacial score (nSPS) is 10.7. The van der Waals surface area contributed by atoms with Gasteiger partial charge in [-0.15, -0.1) is 0 Å². The summed E-state index contributed by atoms with van der Waals surface area (Å²) in [7, 11) is 0. The summed E-state index contributed by atoms with van der Waals surface area (Å²) in [5, 5.41) is 9.97. The molecule has 0 saturated carbocycles. The molecule has 3 rings (SSSR count). The Morgan fingerprint density at radius 3 is 2.85 bits per heavy atom. The lowest BCUT2D eigenvalue weighted by Gasteiger charge is -2.01. The van der Waals surface area contributed by atoms with Crippen molar-refractivity contribution in [3.8, 4) is 17.5 Å². The van der Waals surface area contributed by atoms with Crippen molar-refractivity contribution in [1.82, 2.24) is 14.4 Å². The number of nitriles is 1. The third-order valence-corrected chi connectivity index (χ3v) is 3.38. The summed E-state index contributed by atoms with van der Waals surface area (Å²) in [5.41, 5.74) is 2.65. The lowest BCUT2D eigenvalue weighted by atomic mass is 10.2. The highest BCUT2D eigenvalue weighted by molar-refractivity contribution is 6.36. The first-order valence-electron chi connectivity index (χ1n) is 5.85. The van der Waals surface area contributed by atoms with Crippen molar-refractivity contribution in [3.63, 3.8) is 0 Å². The van der Waals surface area contributed by atoms with Crippen LogP contribution in [0.15, 0.2) is 36.7 Å². The third kappa shape index (κ3) is 2.11. The first-order chi connectivity index (χ1) is 9.70. The number of rotatable bonds is 2. The van der Waals surface area contributed by atoms with Gasteiger partial charge in [0.25, 0.3) is 0 Å². The molecule has 0 saturated heterocycles. The van der Waals surface area contributed by atoms with Crippen LogP contribution in [0.25, 0.3) is 17.0 Å². The van der Waals surface area contributed by atoms with Crippen molar-refractivity contribution in [3.05, 3.63) is 52.4 Å². The van der Waals surface area contributed by atoms with E-state index in [0.717, 1.165) is 5.69 Å². The molecule has 3 aromatic heterocycles. The van der Waals surface area contributed by atoms with Crippen LogP contribution in [-0.4, -0.2) is 14.4 Å². The highest BCUT2D eigenvalue weighted by atomic mass is 35.5. The maximum absolute atomic E-state index is 9.03. The molecule has 0 amide bonds. The molecule has 0 atom stereocenters. The van der Waals surface area contributed by atoms with Crippen molar-refractivity contribution in [1.29, 1.82) is 5.26 Å². The summed E-state index contributed by atoms with van der Waals surface area (Å²) >= 11 is 12.2. The molecule has 20 heavy (non-hydrogen) atoms. The van der Waals surface area contributed by atoms with E-state index in [-0.39, 0.29) is 6.42 Å². The van der Waals surface area contributed by atoms with Crippen LogP contribution in [0.1, 0.15) is 5.69 Å². The molecule has 0 spiro atoms. The topological polar surface area (TPSA) is 54.0 Å². The minimum absolute atomic E-state index is 0.198. The molecule has 4 nitrogen and oxygen atoms in total. The molecule has 0 radical (unpaired) electrons. The Balaban J connectivity index is 2.35. The number of hydrogen-bond acceptors (Lipinski definition) is 3. The minimum Gasteiger partial charge on any atom is -0.300 e. The number of halogens is 2. The number of nitrogens with zero attached hydrogens (tertiary/aromatic N) is 4. The summed E-state index contributed by atoms with van der Waals surface area (Å²) in [4.78, 5) is 8.78. The second-order valence-corrected chi connectivity index (χ2v) is 5.00. The van der Waals surface area contributed by atoms with Crippen molar-refractivity contribution in [2.75, 3.05) is 0 Å². The van der Waals surface area contributed by atoms with E-state index < -0.39 is 0 Å². The first kappa shape index (κ1) is 12.9. The molecule has 0 unspecified atom stereocenters. The Bertz CT molecular complexity index is 819. The number of pyridine rings is 2. The molecule has 0 aliphatic rings.